The minimum Gasteiger partial charge on any atom is -0.352 e. The van der Waals surface area contributed by atoms with Crippen LogP contribution in [0.15, 0.2) is 24.3 Å². The Hall–Kier alpha value is -1.85. The first-order valence-electron chi connectivity index (χ1n) is 4.86. The van der Waals surface area contributed by atoms with E-state index in [4.69, 9.17) is 0 Å². The van der Waals surface area contributed by atoms with Crippen molar-refractivity contribution in [3.8, 4) is 0 Å². The SMILES string of the molecule is CCNC(=O)c1cccc(C(=O)C(F)(F)F)c1. The number of alkyl halides is 3. The molecule has 0 bridgehead atoms. The van der Waals surface area contributed by atoms with Crippen LogP contribution in [0.3, 0.4) is 0 Å². The standard InChI is InChI=1S/C11H10F3NO2/c1-2-15-10(17)8-5-3-4-7(6-8)9(16)11(12,13)14/h3-6H,2H2,1H3,(H,15,17). The second-order valence-corrected chi connectivity index (χ2v) is 3.27. The van der Waals surface area contributed by atoms with Gasteiger partial charge >= 0.3 is 6.18 Å². The van der Waals surface area contributed by atoms with E-state index in [-0.39, 0.29) is 5.56 Å². The van der Waals surface area contributed by atoms with E-state index >= 15 is 0 Å². The van der Waals surface area contributed by atoms with Gasteiger partial charge in [0.2, 0.25) is 0 Å². The molecule has 0 radical (unpaired) electrons. The summed E-state index contributed by atoms with van der Waals surface area (Å²) in [7, 11) is 0. The third-order valence-corrected chi connectivity index (χ3v) is 1.98. The fourth-order valence-electron chi connectivity index (χ4n) is 1.23. The van der Waals surface area contributed by atoms with Gasteiger partial charge in [0.05, 0.1) is 0 Å². The number of benzene rings is 1. The summed E-state index contributed by atoms with van der Waals surface area (Å²) in [6, 6.07) is 4.54. The van der Waals surface area contributed by atoms with Crippen LogP contribution in [0.4, 0.5) is 13.2 Å². The molecule has 1 amide bonds. The highest BCUT2D eigenvalue weighted by Gasteiger charge is 2.39. The molecule has 0 aliphatic carbocycles. The van der Waals surface area contributed by atoms with E-state index in [0.717, 1.165) is 12.1 Å². The molecule has 1 aromatic rings. The average molecular weight is 245 g/mol. The molecular weight excluding hydrogens is 235 g/mol. The van der Waals surface area contributed by atoms with Crippen molar-refractivity contribution in [2.75, 3.05) is 6.54 Å². The molecule has 0 heterocycles. The maximum Gasteiger partial charge on any atom is 0.454 e. The van der Waals surface area contributed by atoms with Crippen LogP contribution < -0.4 is 5.32 Å². The Morgan fingerprint density at radius 3 is 2.35 bits per heavy atom. The number of halogens is 3. The van der Waals surface area contributed by atoms with E-state index in [1.807, 2.05) is 0 Å². The Labute approximate surface area is 95.6 Å². The van der Waals surface area contributed by atoms with Gasteiger partial charge < -0.3 is 5.32 Å². The Bertz CT molecular complexity index is 441. The van der Waals surface area contributed by atoms with Crippen LogP contribution in [0.2, 0.25) is 0 Å². The number of Topliss-reactive ketones (excluding diaryl/α,β-unsaturated/α-hetero) is 1. The maximum atomic E-state index is 12.2. The molecule has 3 nitrogen and oxygen atoms in total. The summed E-state index contributed by atoms with van der Waals surface area (Å²) >= 11 is 0. The lowest BCUT2D eigenvalue weighted by molar-refractivity contribution is -0.0885. The summed E-state index contributed by atoms with van der Waals surface area (Å²) in [5.41, 5.74) is -0.511. The molecule has 92 valence electrons. The van der Waals surface area contributed by atoms with Crippen molar-refractivity contribution in [3.05, 3.63) is 35.4 Å². The maximum absolute atomic E-state index is 12.2. The molecule has 17 heavy (non-hydrogen) atoms. The molecular formula is C11H10F3NO2. The van der Waals surface area contributed by atoms with Crippen LogP contribution in [0.5, 0.6) is 0 Å². The lowest BCUT2D eigenvalue weighted by Crippen LogP contribution is -2.25. The molecule has 0 saturated heterocycles. The second kappa shape index (κ2) is 4.99. The van der Waals surface area contributed by atoms with Gasteiger partial charge in [0, 0.05) is 17.7 Å². The fourth-order valence-corrected chi connectivity index (χ4v) is 1.23. The van der Waals surface area contributed by atoms with Crippen molar-refractivity contribution in [1.82, 2.24) is 5.32 Å². The van der Waals surface area contributed by atoms with Crippen molar-refractivity contribution >= 4 is 11.7 Å². The normalized spacial score (nSPS) is 11.1. The summed E-state index contributed by atoms with van der Waals surface area (Å²) in [5.74, 6) is -2.46. The molecule has 0 spiro atoms. The molecule has 0 aromatic heterocycles. The number of carbonyl (C=O) groups is 2. The van der Waals surface area contributed by atoms with Gasteiger partial charge in [0.15, 0.2) is 0 Å². The first-order chi connectivity index (χ1) is 7.86. The Morgan fingerprint density at radius 2 is 1.82 bits per heavy atom. The van der Waals surface area contributed by atoms with Crippen molar-refractivity contribution in [2.45, 2.75) is 13.1 Å². The summed E-state index contributed by atoms with van der Waals surface area (Å²) in [6.45, 7) is 2.04. The van der Waals surface area contributed by atoms with Gasteiger partial charge in [-0.3, -0.25) is 9.59 Å². The smallest absolute Gasteiger partial charge is 0.352 e. The zero-order chi connectivity index (χ0) is 13.1. The van der Waals surface area contributed by atoms with E-state index in [2.05, 4.69) is 5.32 Å². The van der Waals surface area contributed by atoms with Crippen LogP contribution in [0.1, 0.15) is 27.6 Å². The highest BCUT2D eigenvalue weighted by atomic mass is 19.4. The molecule has 1 N–H and O–H groups in total. The minimum absolute atomic E-state index is 0.0296. The highest BCUT2D eigenvalue weighted by molar-refractivity contribution is 6.03. The van der Waals surface area contributed by atoms with E-state index < -0.39 is 23.4 Å². The van der Waals surface area contributed by atoms with Gasteiger partial charge in [-0.05, 0) is 19.1 Å². The molecule has 6 heteroatoms. The van der Waals surface area contributed by atoms with Gasteiger partial charge in [0.1, 0.15) is 0 Å². The Kier molecular flexibility index (Phi) is 3.88. The molecule has 0 aliphatic rings. The number of ketones is 1. The van der Waals surface area contributed by atoms with Crippen molar-refractivity contribution < 1.29 is 22.8 Å². The van der Waals surface area contributed by atoms with Crippen molar-refractivity contribution in [1.29, 1.82) is 0 Å². The number of nitrogens with one attached hydrogen (secondary N) is 1. The molecule has 0 aliphatic heterocycles. The largest absolute Gasteiger partial charge is 0.454 e. The van der Waals surface area contributed by atoms with Gasteiger partial charge in [-0.2, -0.15) is 13.2 Å². The zero-order valence-electron chi connectivity index (χ0n) is 8.97. The Morgan fingerprint density at radius 1 is 1.24 bits per heavy atom. The number of hydrogen-bond acceptors (Lipinski definition) is 2. The minimum atomic E-state index is -4.93. The van der Waals surface area contributed by atoms with E-state index in [0.29, 0.717) is 6.54 Å². The number of carbonyl (C=O) groups excluding carboxylic acids is 2. The van der Waals surface area contributed by atoms with Crippen LogP contribution in [0, 0.1) is 0 Å². The third-order valence-electron chi connectivity index (χ3n) is 1.98. The predicted molar refractivity (Wildman–Crippen MR) is 54.8 cm³/mol. The Balaban J connectivity index is 3.02. The third kappa shape index (κ3) is 3.30. The van der Waals surface area contributed by atoms with Gasteiger partial charge in [-0.1, -0.05) is 12.1 Å². The van der Waals surface area contributed by atoms with Crippen molar-refractivity contribution in [3.63, 3.8) is 0 Å². The van der Waals surface area contributed by atoms with Gasteiger partial charge in [-0.25, -0.2) is 0 Å². The lowest BCUT2D eigenvalue weighted by Gasteiger charge is -2.07. The molecule has 0 fully saturated rings. The molecule has 1 aromatic carbocycles. The van der Waals surface area contributed by atoms with Crippen molar-refractivity contribution in [2.24, 2.45) is 0 Å². The van der Waals surface area contributed by atoms with Gasteiger partial charge in [0.25, 0.3) is 11.7 Å². The molecule has 0 saturated carbocycles. The molecule has 0 unspecified atom stereocenters. The van der Waals surface area contributed by atoms with E-state index in [9.17, 15) is 22.8 Å². The monoisotopic (exact) mass is 245 g/mol. The van der Waals surface area contributed by atoms with Crippen LogP contribution in [-0.2, 0) is 0 Å². The van der Waals surface area contributed by atoms with Crippen LogP contribution in [0.25, 0.3) is 0 Å². The molecule has 0 atom stereocenters. The summed E-state index contributed by atoms with van der Waals surface area (Å²) < 4.78 is 36.5. The first kappa shape index (κ1) is 13.2. The fraction of sp³-hybridized carbons (Fsp3) is 0.273. The first-order valence-corrected chi connectivity index (χ1v) is 4.86. The van der Waals surface area contributed by atoms with Gasteiger partial charge in [-0.15, -0.1) is 0 Å². The zero-order valence-corrected chi connectivity index (χ0v) is 8.97. The van der Waals surface area contributed by atoms with Crippen LogP contribution >= 0.6 is 0 Å². The average Bonchev–Trinajstić information content (AvgIpc) is 2.27. The molecule has 1 rings (SSSR count). The predicted octanol–water partition coefficient (Wildman–Crippen LogP) is 2.18. The topological polar surface area (TPSA) is 46.2 Å². The van der Waals surface area contributed by atoms with E-state index in [1.165, 1.54) is 12.1 Å². The summed E-state index contributed by atoms with van der Waals surface area (Å²) in [4.78, 5) is 22.3. The quantitative estimate of drug-likeness (QED) is 0.829. The van der Waals surface area contributed by atoms with E-state index in [1.54, 1.807) is 6.92 Å². The number of amides is 1. The summed E-state index contributed by atoms with van der Waals surface area (Å²) in [5, 5.41) is 2.44. The lowest BCUT2D eigenvalue weighted by atomic mass is 10.1. The second-order valence-electron chi connectivity index (χ2n) is 3.27. The highest BCUT2D eigenvalue weighted by Crippen LogP contribution is 2.21. The van der Waals surface area contributed by atoms with Crippen LogP contribution in [-0.4, -0.2) is 24.4 Å². The number of hydrogen-bond donors (Lipinski definition) is 1. The summed E-state index contributed by atoms with van der Waals surface area (Å²) in [6.07, 6.45) is -4.93. The number of rotatable bonds is 3.